The second kappa shape index (κ2) is 20.3. The molecule has 1 heterocycles. The van der Waals surface area contributed by atoms with Crippen LogP contribution in [0, 0.1) is 0 Å². The number of rotatable bonds is 10. The van der Waals surface area contributed by atoms with E-state index in [-0.39, 0.29) is 88.6 Å². The van der Waals surface area contributed by atoms with E-state index in [0.29, 0.717) is 26.1 Å². The molecule has 0 unspecified atom stereocenters. The van der Waals surface area contributed by atoms with Crippen LogP contribution in [0.5, 0.6) is 0 Å². The van der Waals surface area contributed by atoms with E-state index in [4.69, 9.17) is 14.9 Å². The largest absolute Gasteiger partial charge is 1.00 e. The Morgan fingerprint density at radius 3 is 2.28 bits per heavy atom. The molecule has 0 aromatic rings. The van der Waals surface area contributed by atoms with Crippen molar-refractivity contribution >= 4 is 17.8 Å². The van der Waals surface area contributed by atoms with Crippen molar-refractivity contribution in [3.8, 4) is 0 Å². The molecule has 1 rings (SSSR count). The van der Waals surface area contributed by atoms with Gasteiger partial charge in [0.1, 0.15) is 26.2 Å². The Balaban J connectivity index is -0.000000267. The fourth-order valence-electron chi connectivity index (χ4n) is 2.13. The van der Waals surface area contributed by atoms with Gasteiger partial charge in [0.15, 0.2) is 0 Å². The molecule has 0 atom stereocenters. The van der Waals surface area contributed by atoms with Crippen LogP contribution in [0.15, 0.2) is 12.7 Å². The Morgan fingerprint density at radius 2 is 1.80 bits per heavy atom. The molecule has 0 aromatic heterocycles. The number of hydrogen-bond acceptors (Lipinski definition) is 7. The first-order valence-electron chi connectivity index (χ1n) is 6.52. The van der Waals surface area contributed by atoms with E-state index in [1.807, 2.05) is 4.58 Å². The third-order valence-electron chi connectivity index (χ3n) is 3.02. The van der Waals surface area contributed by atoms with Gasteiger partial charge in [-0.05, 0) is 0 Å². The second-order valence-electron chi connectivity index (χ2n) is 4.47. The number of hydrogen-bond donors (Lipinski definition) is 2. The van der Waals surface area contributed by atoms with Crippen LogP contribution in [-0.2, 0) is 14.3 Å². The Hall–Kier alpha value is -0.0100. The summed E-state index contributed by atoms with van der Waals surface area (Å²) in [5.41, 5.74) is 0. The molecule has 0 fully saturated rings. The Kier molecular flexibility index (Phi) is 29.2. The fourth-order valence-corrected chi connectivity index (χ4v) is 2.13. The van der Waals surface area contributed by atoms with E-state index in [9.17, 15) is 9.59 Å². The van der Waals surface area contributed by atoms with Crippen molar-refractivity contribution in [1.82, 2.24) is 4.90 Å². The van der Waals surface area contributed by atoms with Crippen LogP contribution in [0.4, 0.5) is 0 Å². The molecule has 0 radical (unpaired) electrons. The van der Waals surface area contributed by atoms with Gasteiger partial charge in [-0.3, -0.25) is 14.3 Å². The van der Waals surface area contributed by atoms with Crippen molar-refractivity contribution in [2.24, 2.45) is 0 Å². The van der Waals surface area contributed by atoms with Gasteiger partial charge in [0.25, 0.3) is 5.84 Å². The molecule has 1 aliphatic heterocycles. The first-order chi connectivity index (χ1) is 9.54. The molecular weight excluding hydrogens is 358 g/mol. The van der Waals surface area contributed by atoms with Crippen LogP contribution in [0.1, 0.15) is 12.8 Å². The van der Waals surface area contributed by atoms with Gasteiger partial charge in [0, 0.05) is 0 Å². The van der Waals surface area contributed by atoms with Gasteiger partial charge in [0.05, 0.1) is 26.0 Å². The zero-order chi connectivity index (χ0) is 15.0. The molecule has 5 N–H and O–H groups in total. The van der Waals surface area contributed by atoms with E-state index < -0.39 is 11.9 Å². The zero-order valence-electron chi connectivity index (χ0n) is 14.8. The topological polar surface area (TPSA) is 180 Å². The molecule has 25 heavy (non-hydrogen) atoms. The first kappa shape index (κ1) is 36.0. The predicted molar refractivity (Wildman–Crippen MR) is 77.9 cm³/mol. The molecule has 0 aromatic carbocycles. The van der Waals surface area contributed by atoms with Gasteiger partial charge in [0.2, 0.25) is 0 Å². The smallest absolute Gasteiger partial charge is 0.870 e. The average molecular weight is 382 g/mol. The van der Waals surface area contributed by atoms with E-state index in [1.54, 1.807) is 6.08 Å². The van der Waals surface area contributed by atoms with Crippen LogP contribution in [-0.4, -0.2) is 93.3 Å². The average Bonchev–Trinajstić information content (AvgIpc) is 2.75. The number of aliphatic carboxylic acids is 2. The van der Waals surface area contributed by atoms with Crippen LogP contribution in [0.3, 0.4) is 0 Å². The van der Waals surface area contributed by atoms with Crippen molar-refractivity contribution in [1.29, 1.82) is 0 Å². The van der Waals surface area contributed by atoms with Crippen molar-refractivity contribution < 1.29 is 105 Å². The summed E-state index contributed by atoms with van der Waals surface area (Å²) in [7, 11) is 0. The molecule has 136 valence electrons. The fraction of sp³-hybridized carbons (Fsp3) is 0.615. The minimum absolute atomic E-state index is 0. The summed E-state index contributed by atoms with van der Waals surface area (Å²) >= 11 is 0. The molecule has 12 heteroatoms. The molecule has 0 saturated carbocycles. The predicted octanol–water partition coefficient (Wildman–Crippen LogP) is -6.66. The number of ether oxygens (including phenoxy) is 1. The Bertz CT molecular complexity index is 421. The van der Waals surface area contributed by atoms with E-state index >= 15 is 0 Å². The molecule has 0 amide bonds. The third kappa shape index (κ3) is 14.8. The summed E-state index contributed by atoms with van der Waals surface area (Å²) in [6.45, 7) is 6.38. The standard InChI is InChI=1S/C13H20N2O5.2Na.3H2O/c1-2-3-11-14(5-4-12(16)17)6-7-15(11)8-9-20-10-13(18)19;;;;;/h2H,1,3-10H2,(H-,16,17,18,19);;;3*1H2/q;2*+1;;;/p-2. The van der Waals surface area contributed by atoms with Gasteiger partial charge < -0.3 is 31.4 Å². The monoisotopic (exact) mass is 382 g/mol. The Labute approximate surface area is 191 Å². The molecule has 0 bridgehead atoms. The second-order valence-corrected chi connectivity index (χ2v) is 4.47. The Morgan fingerprint density at radius 1 is 1.20 bits per heavy atom. The summed E-state index contributed by atoms with van der Waals surface area (Å²) in [6, 6.07) is 0. The van der Waals surface area contributed by atoms with Gasteiger partial charge in [-0.15, -0.1) is 6.58 Å². The maximum Gasteiger partial charge on any atom is 1.00 e. The molecule has 0 aliphatic carbocycles. The van der Waals surface area contributed by atoms with E-state index in [1.165, 1.54) is 0 Å². The third-order valence-corrected chi connectivity index (χ3v) is 3.02. The summed E-state index contributed by atoms with van der Waals surface area (Å²) in [5.74, 6) is -0.767. The quantitative estimate of drug-likeness (QED) is 0.161. The van der Waals surface area contributed by atoms with Crippen LogP contribution < -0.4 is 59.1 Å². The first-order valence-corrected chi connectivity index (χ1v) is 6.52. The van der Waals surface area contributed by atoms with Crippen LogP contribution in [0.2, 0.25) is 0 Å². The number of nitrogens with zero attached hydrogens (tertiary/aromatic N) is 2. The van der Waals surface area contributed by atoms with Gasteiger partial charge in [-0.2, -0.15) is 0 Å². The SMILES string of the molecule is C=CCC1=[N+](CCC(=O)O)CCN1CCOCC(=O)O.[Na+].[Na+].[OH-].[OH-].[OH-]. The number of carboxylic acid groups (broad SMARTS) is 2. The molecule has 10 nitrogen and oxygen atoms in total. The van der Waals surface area contributed by atoms with Crippen LogP contribution >= 0.6 is 0 Å². The molecule has 0 spiro atoms. The van der Waals surface area contributed by atoms with E-state index in [2.05, 4.69) is 11.5 Å². The maximum atomic E-state index is 10.6. The molecule has 1 aliphatic rings. The summed E-state index contributed by atoms with van der Waals surface area (Å²) in [6.07, 6.45) is 2.54. The van der Waals surface area contributed by atoms with E-state index in [0.717, 1.165) is 18.9 Å². The van der Waals surface area contributed by atoms with Crippen LogP contribution in [0.25, 0.3) is 0 Å². The summed E-state index contributed by atoms with van der Waals surface area (Å²) in [4.78, 5) is 23.1. The molecular formula is C13H24N2Na2O8. The maximum absolute atomic E-state index is 10.6. The number of carboxylic acids is 2. The van der Waals surface area contributed by atoms with Crippen molar-refractivity contribution in [3.05, 3.63) is 12.7 Å². The number of amidine groups is 1. The summed E-state index contributed by atoms with van der Waals surface area (Å²) in [5, 5.41) is 17.2. The normalized spacial score (nSPS) is 11.8. The van der Waals surface area contributed by atoms with Gasteiger partial charge in [-0.25, -0.2) is 4.79 Å². The zero-order valence-corrected chi connectivity index (χ0v) is 18.8. The minimum atomic E-state index is -0.982. The molecule has 0 saturated heterocycles. The van der Waals surface area contributed by atoms with Gasteiger partial charge in [-0.1, -0.05) is 6.08 Å². The van der Waals surface area contributed by atoms with Gasteiger partial charge >= 0.3 is 71.1 Å². The van der Waals surface area contributed by atoms with Crippen molar-refractivity contribution in [2.45, 2.75) is 12.8 Å². The summed E-state index contributed by atoms with van der Waals surface area (Å²) < 4.78 is 7.06. The number of carbonyl (C=O) groups is 2. The minimum Gasteiger partial charge on any atom is -0.870 e. The van der Waals surface area contributed by atoms with Crippen molar-refractivity contribution in [2.75, 3.05) is 39.4 Å². The van der Waals surface area contributed by atoms with Crippen molar-refractivity contribution in [3.63, 3.8) is 0 Å².